The first-order chi connectivity index (χ1) is 8.67. The first-order valence-corrected chi connectivity index (χ1v) is 5.93. The quantitative estimate of drug-likeness (QED) is 0.633. The van der Waals surface area contributed by atoms with Gasteiger partial charge in [-0.15, -0.1) is 0 Å². The van der Waals surface area contributed by atoms with E-state index < -0.39 is 4.92 Å². The number of hydrogen-bond donors (Lipinski definition) is 1. The highest BCUT2D eigenvalue weighted by molar-refractivity contribution is 5.70. The van der Waals surface area contributed by atoms with Crippen molar-refractivity contribution in [3.05, 3.63) is 28.3 Å². The molecule has 1 heterocycles. The van der Waals surface area contributed by atoms with E-state index in [0.29, 0.717) is 31.1 Å². The molecule has 6 heteroatoms. The first-order valence-electron chi connectivity index (χ1n) is 5.93. The predicted octanol–water partition coefficient (Wildman–Crippen LogP) is 1.42. The predicted molar refractivity (Wildman–Crippen MR) is 67.1 cm³/mol. The summed E-state index contributed by atoms with van der Waals surface area (Å²) in [6, 6.07) is 5.07. The molecule has 0 unspecified atom stereocenters. The molecule has 0 aliphatic carbocycles. The maximum Gasteiger partial charge on any atom is 0.333 e. The number of aliphatic hydroxyl groups is 1. The van der Waals surface area contributed by atoms with E-state index in [1.165, 1.54) is 0 Å². The average Bonchev–Trinajstić information content (AvgIpc) is 2.28. The molecular formula is C12H16N2O4. The molecule has 0 bridgehead atoms. The summed E-state index contributed by atoms with van der Waals surface area (Å²) in [4.78, 5) is 12.6. The Morgan fingerprint density at radius 3 is 2.83 bits per heavy atom. The fourth-order valence-electron chi connectivity index (χ4n) is 2.10. The Morgan fingerprint density at radius 1 is 1.56 bits per heavy atom. The number of anilines is 1. The lowest BCUT2D eigenvalue weighted by Gasteiger charge is -2.39. The largest absolute Gasteiger partial charge is 0.487 e. The van der Waals surface area contributed by atoms with Crippen molar-refractivity contribution < 1.29 is 14.8 Å². The van der Waals surface area contributed by atoms with Crippen LogP contribution in [0.3, 0.4) is 0 Å². The van der Waals surface area contributed by atoms with Crippen LogP contribution in [0, 0.1) is 16.0 Å². The van der Waals surface area contributed by atoms with Crippen LogP contribution in [0.15, 0.2) is 18.2 Å². The minimum atomic E-state index is -0.410. The van der Waals surface area contributed by atoms with E-state index in [1.54, 1.807) is 25.1 Å². The van der Waals surface area contributed by atoms with Crippen molar-refractivity contribution in [2.24, 2.45) is 5.92 Å². The van der Waals surface area contributed by atoms with Crippen molar-refractivity contribution >= 4 is 11.4 Å². The molecule has 1 aromatic rings. The highest BCUT2D eigenvalue weighted by Gasteiger charge is 2.32. The molecule has 0 saturated carbocycles. The smallest absolute Gasteiger partial charge is 0.333 e. The normalized spacial score (nSPS) is 15.3. The molecule has 1 aromatic carbocycles. The minimum Gasteiger partial charge on any atom is -0.487 e. The van der Waals surface area contributed by atoms with Crippen LogP contribution in [0.25, 0.3) is 0 Å². The molecule has 6 nitrogen and oxygen atoms in total. The highest BCUT2D eigenvalue weighted by atomic mass is 16.6. The van der Waals surface area contributed by atoms with Crippen molar-refractivity contribution in [3.63, 3.8) is 0 Å². The number of aliphatic hydroxyl groups excluding tert-OH is 1. The Hall–Kier alpha value is -1.82. The fourth-order valence-corrected chi connectivity index (χ4v) is 2.10. The SMILES string of the molecule is CCOc1cccc(N2CC(CO)C2)c1[N+](=O)[O-]. The summed E-state index contributed by atoms with van der Waals surface area (Å²) >= 11 is 0. The second-order valence-electron chi connectivity index (χ2n) is 4.27. The van der Waals surface area contributed by atoms with Gasteiger partial charge < -0.3 is 14.7 Å². The van der Waals surface area contributed by atoms with Crippen LogP contribution in [0.1, 0.15) is 6.92 Å². The van der Waals surface area contributed by atoms with Gasteiger partial charge in [-0.3, -0.25) is 10.1 Å². The number of rotatable bonds is 5. The lowest BCUT2D eigenvalue weighted by atomic mass is 10.00. The molecule has 1 aliphatic rings. The Bertz CT molecular complexity index is 444. The number of nitro benzene ring substituents is 1. The number of para-hydroxylation sites is 1. The maximum atomic E-state index is 11.2. The van der Waals surface area contributed by atoms with E-state index in [9.17, 15) is 10.1 Å². The van der Waals surface area contributed by atoms with Crippen molar-refractivity contribution in [2.45, 2.75) is 6.92 Å². The average molecular weight is 252 g/mol. The van der Waals surface area contributed by atoms with Gasteiger partial charge in [0.2, 0.25) is 0 Å². The molecule has 0 aromatic heterocycles. The van der Waals surface area contributed by atoms with E-state index in [0.717, 1.165) is 0 Å². The molecule has 0 spiro atoms. The summed E-state index contributed by atoms with van der Waals surface area (Å²) in [5, 5.41) is 20.1. The summed E-state index contributed by atoms with van der Waals surface area (Å²) in [6.45, 7) is 3.60. The van der Waals surface area contributed by atoms with Crippen LogP contribution in [0.5, 0.6) is 5.75 Å². The number of hydrogen-bond acceptors (Lipinski definition) is 5. The third-order valence-corrected chi connectivity index (χ3v) is 3.02. The molecule has 1 N–H and O–H groups in total. The molecule has 2 rings (SSSR count). The third kappa shape index (κ3) is 2.24. The van der Waals surface area contributed by atoms with Crippen LogP contribution in [-0.2, 0) is 0 Å². The van der Waals surface area contributed by atoms with Crippen molar-refractivity contribution in [3.8, 4) is 5.75 Å². The van der Waals surface area contributed by atoms with E-state index >= 15 is 0 Å². The van der Waals surface area contributed by atoms with Crippen molar-refractivity contribution in [2.75, 3.05) is 31.2 Å². The number of nitro groups is 1. The van der Waals surface area contributed by atoms with Gasteiger partial charge >= 0.3 is 5.69 Å². The van der Waals surface area contributed by atoms with Gasteiger partial charge in [-0.2, -0.15) is 0 Å². The van der Waals surface area contributed by atoms with Gasteiger partial charge in [0.1, 0.15) is 5.69 Å². The number of nitrogens with zero attached hydrogens (tertiary/aromatic N) is 2. The summed E-state index contributed by atoms with van der Waals surface area (Å²) in [5.41, 5.74) is 0.575. The monoisotopic (exact) mass is 252 g/mol. The number of ether oxygens (including phenoxy) is 1. The Kier molecular flexibility index (Phi) is 3.66. The molecule has 0 amide bonds. The van der Waals surface area contributed by atoms with Gasteiger partial charge in [-0.1, -0.05) is 6.07 Å². The standard InChI is InChI=1S/C12H16N2O4/c1-2-18-11-5-3-4-10(12(11)14(16)17)13-6-9(7-13)8-15/h3-5,9,15H,2,6-8H2,1H3. The van der Waals surface area contributed by atoms with Crippen molar-refractivity contribution in [1.82, 2.24) is 0 Å². The third-order valence-electron chi connectivity index (χ3n) is 3.02. The Balaban J connectivity index is 2.29. The van der Waals surface area contributed by atoms with Gasteiger partial charge in [-0.05, 0) is 19.1 Å². The summed E-state index contributed by atoms with van der Waals surface area (Å²) < 4.78 is 5.29. The lowest BCUT2D eigenvalue weighted by molar-refractivity contribution is -0.385. The minimum absolute atomic E-state index is 0.00994. The first kappa shape index (κ1) is 12.6. The molecule has 0 atom stereocenters. The van der Waals surface area contributed by atoms with E-state index in [2.05, 4.69) is 0 Å². The van der Waals surface area contributed by atoms with Crippen molar-refractivity contribution in [1.29, 1.82) is 0 Å². The van der Waals surface area contributed by atoms with Crippen LogP contribution in [0.2, 0.25) is 0 Å². The van der Waals surface area contributed by atoms with Crippen LogP contribution in [0.4, 0.5) is 11.4 Å². The van der Waals surface area contributed by atoms with Crippen LogP contribution in [-0.4, -0.2) is 36.3 Å². The second-order valence-corrected chi connectivity index (χ2v) is 4.27. The van der Waals surface area contributed by atoms with E-state index in [1.807, 2.05) is 4.90 Å². The van der Waals surface area contributed by atoms with Gasteiger partial charge in [0.05, 0.1) is 11.5 Å². The Morgan fingerprint density at radius 2 is 2.28 bits per heavy atom. The van der Waals surface area contributed by atoms with E-state index in [4.69, 9.17) is 9.84 Å². The molecule has 1 saturated heterocycles. The lowest BCUT2D eigenvalue weighted by Crippen LogP contribution is -2.48. The zero-order valence-corrected chi connectivity index (χ0v) is 10.2. The zero-order valence-electron chi connectivity index (χ0n) is 10.2. The molecule has 1 aliphatic heterocycles. The van der Waals surface area contributed by atoms with Gasteiger partial charge in [0, 0.05) is 25.6 Å². The van der Waals surface area contributed by atoms with Crippen LogP contribution < -0.4 is 9.64 Å². The molecular weight excluding hydrogens is 236 g/mol. The molecule has 98 valence electrons. The highest BCUT2D eigenvalue weighted by Crippen LogP contribution is 2.39. The molecule has 18 heavy (non-hydrogen) atoms. The summed E-state index contributed by atoms with van der Waals surface area (Å²) in [5.74, 6) is 0.507. The molecule has 1 fully saturated rings. The Labute approximate surface area is 105 Å². The fraction of sp³-hybridized carbons (Fsp3) is 0.500. The van der Waals surface area contributed by atoms with Crippen LogP contribution >= 0.6 is 0 Å². The zero-order chi connectivity index (χ0) is 13.1. The number of benzene rings is 1. The summed E-state index contributed by atoms with van der Waals surface area (Å²) in [7, 11) is 0. The van der Waals surface area contributed by atoms with Gasteiger partial charge in [0.25, 0.3) is 0 Å². The maximum absolute atomic E-state index is 11.2. The second kappa shape index (κ2) is 5.22. The summed E-state index contributed by atoms with van der Waals surface area (Å²) in [6.07, 6.45) is 0. The van der Waals surface area contributed by atoms with E-state index in [-0.39, 0.29) is 18.2 Å². The molecule has 0 radical (unpaired) electrons. The topological polar surface area (TPSA) is 75.8 Å². The van der Waals surface area contributed by atoms with Gasteiger partial charge in [0.15, 0.2) is 5.75 Å². The van der Waals surface area contributed by atoms with Gasteiger partial charge in [-0.25, -0.2) is 0 Å².